The Kier molecular flexibility index (Phi) is 1.65. The number of nitrogens with one attached hydrogen (secondary N) is 1. The highest BCUT2D eigenvalue weighted by Gasteiger charge is 2.28. The number of hydrogen-bond acceptors (Lipinski definition) is 3. The Morgan fingerprint density at radius 1 is 1.31 bits per heavy atom. The van der Waals surface area contributed by atoms with Crippen LogP contribution in [0.25, 0.3) is 0 Å². The molecule has 1 N–H and O–H groups in total. The molecular formula is C10H14N2O. The first-order chi connectivity index (χ1) is 6.45. The van der Waals surface area contributed by atoms with E-state index in [1.807, 2.05) is 0 Å². The molecule has 1 atom stereocenters. The van der Waals surface area contributed by atoms with Crippen molar-refractivity contribution in [2.24, 2.45) is 0 Å². The summed E-state index contributed by atoms with van der Waals surface area (Å²) in [7, 11) is 0. The lowest BCUT2D eigenvalue weighted by atomic mass is 10.1. The van der Waals surface area contributed by atoms with Gasteiger partial charge in [0.2, 0.25) is 0 Å². The van der Waals surface area contributed by atoms with Gasteiger partial charge in [0.05, 0.1) is 11.7 Å². The second-order valence-electron chi connectivity index (χ2n) is 3.97. The van der Waals surface area contributed by atoms with Crippen LogP contribution in [0.4, 0.5) is 0 Å². The summed E-state index contributed by atoms with van der Waals surface area (Å²) in [6, 6.07) is 0.453. The van der Waals surface area contributed by atoms with Crippen molar-refractivity contribution in [2.75, 3.05) is 6.54 Å². The molecule has 0 amide bonds. The van der Waals surface area contributed by atoms with Crippen LogP contribution in [-0.4, -0.2) is 11.7 Å². The third-order valence-electron chi connectivity index (χ3n) is 3.12. The van der Waals surface area contributed by atoms with Crippen molar-refractivity contribution in [1.29, 1.82) is 0 Å². The molecule has 1 saturated heterocycles. The van der Waals surface area contributed by atoms with Crippen LogP contribution in [-0.2, 0) is 12.8 Å². The Morgan fingerprint density at radius 2 is 2.31 bits per heavy atom. The maximum atomic E-state index is 5.41. The summed E-state index contributed by atoms with van der Waals surface area (Å²) in [4.78, 5) is 0. The van der Waals surface area contributed by atoms with Crippen LogP contribution in [0.2, 0.25) is 0 Å². The fourth-order valence-electron chi connectivity index (χ4n) is 2.44. The Bertz CT molecular complexity index is 313. The second kappa shape index (κ2) is 2.84. The molecule has 1 aromatic heterocycles. The molecule has 3 heteroatoms. The number of nitrogens with zero attached hydrogens (tertiary/aromatic N) is 1. The molecule has 0 aromatic carbocycles. The van der Waals surface area contributed by atoms with Gasteiger partial charge in [0.25, 0.3) is 0 Å². The van der Waals surface area contributed by atoms with Crippen LogP contribution in [0.15, 0.2) is 4.52 Å². The molecule has 0 saturated carbocycles. The van der Waals surface area contributed by atoms with Gasteiger partial charge in [-0.1, -0.05) is 5.16 Å². The zero-order chi connectivity index (χ0) is 8.67. The molecule has 1 aliphatic carbocycles. The first kappa shape index (κ1) is 7.56. The standard InChI is InChI=1S/C10H14N2O/c1-3-7-8(4-1)12-13-10(7)9-5-2-6-11-9/h9,11H,1-6H2/t9-/m0/s1. The number of aryl methyl sites for hydroxylation is 1. The van der Waals surface area contributed by atoms with E-state index < -0.39 is 0 Å². The van der Waals surface area contributed by atoms with E-state index in [0.717, 1.165) is 18.7 Å². The molecule has 0 unspecified atom stereocenters. The Labute approximate surface area is 77.5 Å². The molecule has 0 bridgehead atoms. The van der Waals surface area contributed by atoms with Gasteiger partial charge < -0.3 is 9.84 Å². The fourth-order valence-corrected chi connectivity index (χ4v) is 2.44. The topological polar surface area (TPSA) is 38.1 Å². The lowest BCUT2D eigenvalue weighted by Crippen LogP contribution is -2.13. The van der Waals surface area contributed by atoms with Gasteiger partial charge in [-0.25, -0.2) is 0 Å². The maximum Gasteiger partial charge on any atom is 0.157 e. The SMILES string of the molecule is C1Cc2noc([C@@H]3CCCN3)c2C1. The lowest BCUT2D eigenvalue weighted by Gasteiger charge is -2.06. The van der Waals surface area contributed by atoms with E-state index in [2.05, 4.69) is 10.5 Å². The first-order valence-electron chi connectivity index (χ1n) is 5.16. The van der Waals surface area contributed by atoms with Gasteiger partial charge in [0.1, 0.15) is 0 Å². The van der Waals surface area contributed by atoms with E-state index in [9.17, 15) is 0 Å². The van der Waals surface area contributed by atoms with Gasteiger partial charge >= 0.3 is 0 Å². The highest BCUT2D eigenvalue weighted by atomic mass is 16.5. The van der Waals surface area contributed by atoms with Crippen molar-refractivity contribution in [3.63, 3.8) is 0 Å². The van der Waals surface area contributed by atoms with Crippen molar-refractivity contribution in [3.05, 3.63) is 17.0 Å². The molecule has 2 aliphatic rings. The monoisotopic (exact) mass is 178 g/mol. The quantitative estimate of drug-likeness (QED) is 0.709. The van der Waals surface area contributed by atoms with Gasteiger partial charge in [0, 0.05) is 5.56 Å². The van der Waals surface area contributed by atoms with E-state index in [0.29, 0.717) is 6.04 Å². The second-order valence-corrected chi connectivity index (χ2v) is 3.97. The summed E-state index contributed by atoms with van der Waals surface area (Å²) >= 11 is 0. The average molecular weight is 178 g/mol. The van der Waals surface area contributed by atoms with Crippen molar-refractivity contribution >= 4 is 0 Å². The third kappa shape index (κ3) is 1.10. The molecular weight excluding hydrogens is 164 g/mol. The number of rotatable bonds is 1. The van der Waals surface area contributed by atoms with E-state index in [1.165, 1.54) is 36.9 Å². The van der Waals surface area contributed by atoms with Gasteiger partial charge in [-0.3, -0.25) is 0 Å². The smallest absolute Gasteiger partial charge is 0.157 e. The van der Waals surface area contributed by atoms with Crippen molar-refractivity contribution in [3.8, 4) is 0 Å². The number of fused-ring (bicyclic) bond motifs is 1. The molecule has 70 valence electrons. The van der Waals surface area contributed by atoms with Crippen LogP contribution < -0.4 is 5.32 Å². The van der Waals surface area contributed by atoms with E-state index in [1.54, 1.807) is 0 Å². The van der Waals surface area contributed by atoms with Crippen LogP contribution in [0.1, 0.15) is 42.3 Å². The molecule has 0 radical (unpaired) electrons. The highest BCUT2D eigenvalue weighted by molar-refractivity contribution is 5.29. The summed E-state index contributed by atoms with van der Waals surface area (Å²) in [5.74, 6) is 1.13. The van der Waals surface area contributed by atoms with Crippen LogP contribution >= 0.6 is 0 Å². The highest BCUT2D eigenvalue weighted by Crippen LogP contribution is 2.32. The minimum atomic E-state index is 0.453. The van der Waals surface area contributed by atoms with E-state index in [-0.39, 0.29) is 0 Å². The summed E-state index contributed by atoms with van der Waals surface area (Å²) in [6.45, 7) is 1.13. The molecule has 1 aliphatic heterocycles. The fraction of sp³-hybridized carbons (Fsp3) is 0.700. The van der Waals surface area contributed by atoms with E-state index >= 15 is 0 Å². The Morgan fingerprint density at radius 3 is 3.15 bits per heavy atom. The maximum absolute atomic E-state index is 5.41. The van der Waals surface area contributed by atoms with Gasteiger partial charge in [-0.2, -0.15) is 0 Å². The van der Waals surface area contributed by atoms with Gasteiger partial charge in [0.15, 0.2) is 5.76 Å². The predicted molar refractivity (Wildman–Crippen MR) is 48.5 cm³/mol. The molecule has 0 spiro atoms. The lowest BCUT2D eigenvalue weighted by molar-refractivity contribution is 0.343. The summed E-state index contributed by atoms with van der Waals surface area (Å²) in [5, 5.41) is 7.58. The normalized spacial score (nSPS) is 26.6. The first-order valence-corrected chi connectivity index (χ1v) is 5.16. The van der Waals surface area contributed by atoms with Crippen LogP contribution in [0.5, 0.6) is 0 Å². The number of hydrogen-bond donors (Lipinski definition) is 1. The molecule has 3 rings (SSSR count). The van der Waals surface area contributed by atoms with Crippen molar-refractivity contribution in [2.45, 2.75) is 38.1 Å². The van der Waals surface area contributed by atoms with E-state index in [4.69, 9.17) is 4.52 Å². The summed E-state index contributed by atoms with van der Waals surface area (Å²) in [6.07, 6.45) is 6.02. The minimum absolute atomic E-state index is 0.453. The van der Waals surface area contributed by atoms with Gasteiger partial charge in [-0.15, -0.1) is 0 Å². The van der Waals surface area contributed by atoms with Crippen LogP contribution in [0.3, 0.4) is 0 Å². The Hall–Kier alpha value is -0.830. The molecule has 1 aromatic rings. The van der Waals surface area contributed by atoms with Gasteiger partial charge in [-0.05, 0) is 38.6 Å². The Balaban J connectivity index is 1.95. The average Bonchev–Trinajstić information content (AvgIpc) is 2.79. The molecule has 3 nitrogen and oxygen atoms in total. The number of aromatic nitrogens is 1. The minimum Gasteiger partial charge on any atom is -0.359 e. The summed E-state index contributed by atoms with van der Waals surface area (Å²) in [5.41, 5.74) is 2.61. The molecule has 2 heterocycles. The zero-order valence-electron chi connectivity index (χ0n) is 7.68. The van der Waals surface area contributed by atoms with Crippen molar-refractivity contribution < 1.29 is 4.52 Å². The zero-order valence-corrected chi connectivity index (χ0v) is 7.68. The molecule has 13 heavy (non-hydrogen) atoms. The molecule has 1 fully saturated rings. The summed E-state index contributed by atoms with van der Waals surface area (Å²) < 4.78 is 5.41. The third-order valence-corrected chi connectivity index (χ3v) is 3.12. The van der Waals surface area contributed by atoms with Crippen LogP contribution in [0, 0.1) is 0 Å². The van der Waals surface area contributed by atoms with Crippen molar-refractivity contribution in [1.82, 2.24) is 10.5 Å². The largest absolute Gasteiger partial charge is 0.359 e. The predicted octanol–water partition coefficient (Wildman–Crippen LogP) is 1.59.